The topological polar surface area (TPSA) is 16.1 Å². The van der Waals surface area contributed by atoms with Gasteiger partial charge >= 0.3 is 0 Å². The van der Waals surface area contributed by atoms with Crippen LogP contribution in [0.3, 0.4) is 0 Å². The highest BCUT2D eigenvalue weighted by atomic mass is 35.5. The molecule has 4 heteroatoms. The van der Waals surface area contributed by atoms with Crippen molar-refractivity contribution in [1.82, 2.24) is 4.98 Å². The van der Waals surface area contributed by atoms with E-state index < -0.39 is 0 Å². The lowest BCUT2D eigenvalue weighted by atomic mass is 10.2. The molecule has 0 amide bonds. The van der Waals surface area contributed by atoms with Crippen LogP contribution in [0.2, 0.25) is 0 Å². The Labute approximate surface area is 100 Å². The van der Waals surface area contributed by atoms with Gasteiger partial charge < -0.3 is 4.90 Å². The molecule has 0 unspecified atom stereocenters. The van der Waals surface area contributed by atoms with Crippen LogP contribution >= 0.6 is 11.6 Å². The number of halogens is 2. The van der Waals surface area contributed by atoms with Gasteiger partial charge in [-0.05, 0) is 18.9 Å². The predicted molar refractivity (Wildman–Crippen MR) is 64.4 cm³/mol. The highest BCUT2D eigenvalue weighted by Gasteiger charge is 2.23. The quantitative estimate of drug-likeness (QED) is 0.756. The van der Waals surface area contributed by atoms with Crippen molar-refractivity contribution in [3.8, 4) is 0 Å². The van der Waals surface area contributed by atoms with Gasteiger partial charge in [-0.1, -0.05) is 12.8 Å². The smallest absolute Gasteiger partial charge is 0.170 e. The van der Waals surface area contributed by atoms with Gasteiger partial charge in [0.25, 0.3) is 0 Å². The zero-order valence-electron chi connectivity index (χ0n) is 9.42. The summed E-state index contributed by atoms with van der Waals surface area (Å²) in [6.07, 6.45) is 6.34. The van der Waals surface area contributed by atoms with Crippen LogP contribution in [0, 0.1) is 5.82 Å². The SMILES string of the molecule is CN(c1nccc(CCl)c1F)C1CCCC1. The fraction of sp³-hybridized carbons (Fsp3) is 0.583. The average molecular weight is 243 g/mol. The summed E-state index contributed by atoms with van der Waals surface area (Å²) in [7, 11) is 1.92. The largest absolute Gasteiger partial charge is 0.354 e. The maximum absolute atomic E-state index is 14.0. The first-order chi connectivity index (χ1) is 7.74. The zero-order chi connectivity index (χ0) is 11.5. The van der Waals surface area contributed by atoms with E-state index in [1.807, 2.05) is 11.9 Å². The van der Waals surface area contributed by atoms with E-state index in [0.717, 1.165) is 12.8 Å². The standard InChI is InChI=1S/C12H16ClFN2/c1-16(10-4-2-3-5-10)12-11(14)9(8-13)6-7-15-12/h6-7,10H,2-5,8H2,1H3. The summed E-state index contributed by atoms with van der Waals surface area (Å²) in [6.45, 7) is 0. The Morgan fingerprint density at radius 1 is 1.50 bits per heavy atom. The molecule has 16 heavy (non-hydrogen) atoms. The molecule has 1 fully saturated rings. The molecule has 1 aliphatic rings. The number of pyridine rings is 1. The number of hydrogen-bond acceptors (Lipinski definition) is 2. The third-order valence-corrected chi connectivity index (χ3v) is 3.59. The Morgan fingerprint density at radius 2 is 2.19 bits per heavy atom. The molecule has 0 spiro atoms. The Morgan fingerprint density at radius 3 is 2.81 bits per heavy atom. The van der Waals surface area contributed by atoms with Crippen LogP contribution in [0.4, 0.5) is 10.2 Å². The van der Waals surface area contributed by atoms with Crippen LogP contribution < -0.4 is 4.90 Å². The van der Waals surface area contributed by atoms with Crippen LogP contribution in [-0.2, 0) is 5.88 Å². The molecule has 0 atom stereocenters. The maximum atomic E-state index is 14.0. The molecule has 1 aliphatic carbocycles. The second-order valence-corrected chi connectivity index (χ2v) is 4.56. The molecule has 0 radical (unpaired) electrons. The van der Waals surface area contributed by atoms with Gasteiger partial charge in [-0.3, -0.25) is 0 Å². The number of alkyl halides is 1. The number of rotatable bonds is 3. The van der Waals surface area contributed by atoms with E-state index in [2.05, 4.69) is 4.98 Å². The molecule has 88 valence electrons. The number of aromatic nitrogens is 1. The Balaban J connectivity index is 2.25. The molecule has 0 saturated heterocycles. The van der Waals surface area contributed by atoms with Crippen LogP contribution in [-0.4, -0.2) is 18.1 Å². The summed E-state index contributed by atoms with van der Waals surface area (Å²) in [6, 6.07) is 2.06. The molecule has 1 aromatic rings. The van der Waals surface area contributed by atoms with Gasteiger partial charge in [-0.15, -0.1) is 11.6 Å². The van der Waals surface area contributed by atoms with Gasteiger partial charge in [-0.25, -0.2) is 9.37 Å². The van der Waals surface area contributed by atoms with Gasteiger partial charge in [0.1, 0.15) is 0 Å². The first kappa shape index (κ1) is 11.6. The van der Waals surface area contributed by atoms with Gasteiger partial charge in [0.05, 0.1) is 5.88 Å². The van der Waals surface area contributed by atoms with Crippen molar-refractivity contribution in [2.24, 2.45) is 0 Å². The molecule has 1 heterocycles. The van der Waals surface area contributed by atoms with Crippen LogP contribution in [0.25, 0.3) is 0 Å². The second-order valence-electron chi connectivity index (χ2n) is 4.29. The molecule has 0 aliphatic heterocycles. The highest BCUT2D eigenvalue weighted by molar-refractivity contribution is 6.17. The third kappa shape index (κ3) is 2.14. The first-order valence-electron chi connectivity index (χ1n) is 5.66. The summed E-state index contributed by atoms with van der Waals surface area (Å²) < 4.78 is 14.0. The second kappa shape index (κ2) is 5.00. The lowest BCUT2D eigenvalue weighted by Crippen LogP contribution is -2.30. The third-order valence-electron chi connectivity index (χ3n) is 3.30. The molecule has 1 aromatic heterocycles. The molecule has 0 bridgehead atoms. The molecular formula is C12H16ClFN2. The zero-order valence-corrected chi connectivity index (χ0v) is 10.2. The fourth-order valence-corrected chi connectivity index (χ4v) is 2.49. The van der Waals surface area contributed by atoms with E-state index in [1.54, 1.807) is 12.3 Å². The minimum Gasteiger partial charge on any atom is -0.354 e. The maximum Gasteiger partial charge on any atom is 0.170 e. The summed E-state index contributed by atoms with van der Waals surface area (Å²) in [5, 5.41) is 0. The Bertz CT molecular complexity index is 364. The van der Waals surface area contributed by atoms with Crippen molar-refractivity contribution in [2.45, 2.75) is 37.6 Å². The molecule has 1 saturated carbocycles. The molecule has 0 aromatic carbocycles. The summed E-state index contributed by atoms with van der Waals surface area (Å²) in [4.78, 5) is 6.08. The van der Waals surface area contributed by atoms with E-state index in [4.69, 9.17) is 11.6 Å². The molecule has 2 rings (SSSR count). The van der Waals surface area contributed by atoms with E-state index in [0.29, 0.717) is 17.4 Å². The van der Waals surface area contributed by atoms with Crippen molar-refractivity contribution >= 4 is 17.4 Å². The Kier molecular flexibility index (Phi) is 3.64. The van der Waals surface area contributed by atoms with Crippen molar-refractivity contribution in [2.75, 3.05) is 11.9 Å². The monoisotopic (exact) mass is 242 g/mol. The molecular weight excluding hydrogens is 227 g/mol. The van der Waals surface area contributed by atoms with Gasteiger partial charge in [0.2, 0.25) is 0 Å². The van der Waals surface area contributed by atoms with Crippen LogP contribution in [0.15, 0.2) is 12.3 Å². The summed E-state index contributed by atoms with van der Waals surface area (Å²) in [5.74, 6) is 0.358. The highest BCUT2D eigenvalue weighted by Crippen LogP contribution is 2.28. The van der Waals surface area contributed by atoms with E-state index in [9.17, 15) is 4.39 Å². The van der Waals surface area contributed by atoms with Crippen molar-refractivity contribution < 1.29 is 4.39 Å². The van der Waals surface area contributed by atoms with Crippen molar-refractivity contribution in [3.63, 3.8) is 0 Å². The minimum atomic E-state index is -0.271. The lowest BCUT2D eigenvalue weighted by Gasteiger charge is -2.26. The van der Waals surface area contributed by atoms with E-state index >= 15 is 0 Å². The number of hydrogen-bond donors (Lipinski definition) is 0. The van der Waals surface area contributed by atoms with E-state index in [-0.39, 0.29) is 11.7 Å². The van der Waals surface area contributed by atoms with Gasteiger partial charge in [-0.2, -0.15) is 0 Å². The molecule has 0 N–H and O–H groups in total. The minimum absolute atomic E-state index is 0.194. The Hall–Kier alpha value is -0.830. The normalized spacial score (nSPS) is 16.7. The van der Waals surface area contributed by atoms with Gasteiger partial charge in [0, 0.05) is 24.8 Å². The fourth-order valence-electron chi connectivity index (χ4n) is 2.28. The summed E-state index contributed by atoms with van der Waals surface area (Å²) in [5.41, 5.74) is 0.525. The predicted octanol–water partition coefficient (Wildman–Crippen LogP) is 3.34. The summed E-state index contributed by atoms with van der Waals surface area (Å²) >= 11 is 5.68. The van der Waals surface area contributed by atoms with Gasteiger partial charge in [0.15, 0.2) is 11.6 Å². The van der Waals surface area contributed by atoms with Crippen LogP contribution in [0.5, 0.6) is 0 Å². The van der Waals surface area contributed by atoms with Crippen LogP contribution in [0.1, 0.15) is 31.2 Å². The lowest BCUT2D eigenvalue weighted by molar-refractivity contribution is 0.579. The molecule has 2 nitrogen and oxygen atoms in total. The average Bonchev–Trinajstić information content (AvgIpc) is 2.82. The van der Waals surface area contributed by atoms with Crippen molar-refractivity contribution in [1.29, 1.82) is 0 Å². The van der Waals surface area contributed by atoms with Crippen molar-refractivity contribution in [3.05, 3.63) is 23.6 Å². The van der Waals surface area contributed by atoms with E-state index in [1.165, 1.54) is 12.8 Å². The number of anilines is 1. The number of nitrogens with zero attached hydrogens (tertiary/aromatic N) is 2. The first-order valence-corrected chi connectivity index (χ1v) is 6.19.